The minimum atomic E-state index is 0.551. The van der Waals surface area contributed by atoms with Crippen LogP contribution in [0, 0.1) is 18.3 Å². The van der Waals surface area contributed by atoms with Gasteiger partial charge in [0, 0.05) is 17.9 Å². The Morgan fingerprint density at radius 3 is 2.56 bits per heavy atom. The lowest BCUT2D eigenvalue weighted by Crippen LogP contribution is -2.01. The predicted molar refractivity (Wildman–Crippen MR) is 64.8 cm³/mol. The van der Waals surface area contributed by atoms with Crippen molar-refractivity contribution >= 4 is 0 Å². The van der Waals surface area contributed by atoms with E-state index < -0.39 is 0 Å². The molecule has 16 heavy (non-hydrogen) atoms. The summed E-state index contributed by atoms with van der Waals surface area (Å²) in [6, 6.07) is 16.7. The Morgan fingerprint density at radius 2 is 1.88 bits per heavy atom. The second-order valence-electron chi connectivity index (χ2n) is 3.79. The average Bonchev–Trinajstić information content (AvgIpc) is 2.69. The van der Waals surface area contributed by atoms with Crippen LogP contribution in [0.15, 0.2) is 42.5 Å². The van der Waals surface area contributed by atoms with E-state index in [1.165, 1.54) is 17.0 Å². The first kappa shape index (κ1) is 10.5. The van der Waals surface area contributed by atoms with Gasteiger partial charge in [-0.3, -0.25) is 0 Å². The zero-order valence-electron chi connectivity index (χ0n) is 9.35. The summed E-state index contributed by atoms with van der Waals surface area (Å²) in [5.74, 6) is 0. The Balaban J connectivity index is 2.39. The summed E-state index contributed by atoms with van der Waals surface area (Å²) in [4.78, 5) is 0. The zero-order chi connectivity index (χ0) is 11.4. The number of nitrogens with zero attached hydrogens (tertiary/aromatic N) is 2. The summed E-state index contributed by atoms with van der Waals surface area (Å²) in [7, 11) is 0. The van der Waals surface area contributed by atoms with Gasteiger partial charge in [-0.2, -0.15) is 5.26 Å². The minimum Gasteiger partial charge on any atom is -0.344 e. The molecule has 0 aliphatic heterocycles. The van der Waals surface area contributed by atoms with Crippen molar-refractivity contribution in [2.45, 2.75) is 19.9 Å². The van der Waals surface area contributed by atoms with Gasteiger partial charge in [0.25, 0.3) is 0 Å². The number of hydrogen-bond donors (Lipinski definition) is 0. The van der Waals surface area contributed by atoms with E-state index in [0.29, 0.717) is 6.42 Å². The molecular weight excluding hydrogens is 196 g/mol. The highest BCUT2D eigenvalue weighted by Crippen LogP contribution is 2.22. The standard InChI is InChI=1S/C14H14N2/c1-12-8-9-14(16(12)11-5-10-15)13-6-3-2-4-7-13/h2-4,6-9H,5,11H2,1H3. The Kier molecular flexibility index (Phi) is 3.07. The second kappa shape index (κ2) is 4.67. The Hall–Kier alpha value is -2.01. The van der Waals surface area contributed by atoms with E-state index in [9.17, 15) is 0 Å². The van der Waals surface area contributed by atoms with Crippen molar-refractivity contribution in [3.8, 4) is 17.3 Å². The predicted octanol–water partition coefficient (Wildman–Crippen LogP) is 3.38. The molecule has 2 aromatic rings. The van der Waals surface area contributed by atoms with Crippen LogP contribution in [0.25, 0.3) is 11.3 Å². The van der Waals surface area contributed by atoms with Crippen molar-refractivity contribution in [3.63, 3.8) is 0 Å². The van der Waals surface area contributed by atoms with E-state index in [-0.39, 0.29) is 0 Å². The van der Waals surface area contributed by atoms with E-state index in [2.05, 4.69) is 41.8 Å². The first-order valence-electron chi connectivity index (χ1n) is 5.41. The molecule has 1 heterocycles. The highest BCUT2D eigenvalue weighted by atomic mass is 15.0. The summed E-state index contributed by atoms with van der Waals surface area (Å²) in [6.07, 6.45) is 0.551. The first-order valence-corrected chi connectivity index (χ1v) is 5.41. The smallest absolute Gasteiger partial charge is 0.0640 e. The van der Waals surface area contributed by atoms with Crippen molar-refractivity contribution in [2.24, 2.45) is 0 Å². The molecule has 0 bridgehead atoms. The van der Waals surface area contributed by atoms with Crippen LogP contribution in [0.2, 0.25) is 0 Å². The maximum atomic E-state index is 8.65. The fourth-order valence-electron chi connectivity index (χ4n) is 1.89. The number of aryl methyl sites for hydroxylation is 1. The molecule has 0 atom stereocenters. The van der Waals surface area contributed by atoms with Gasteiger partial charge in [0.2, 0.25) is 0 Å². The fraction of sp³-hybridized carbons (Fsp3) is 0.214. The van der Waals surface area contributed by atoms with Gasteiger partial charge in [-0.15, -0.1) is 0 Å². The molecule has 2 heteroatoms. The molecule has 0 fully saturated rings. The lowest BCUT2D eigenvalue weighted by Gasteiger charge is -2.09. The molecule has 0 saturated carbocycles. The van der Waals surface area contributed by atoms with Crippen LogP contribution in [-0.2, 0) is 6.54 Å². The van der Waals surface area contributed by atoms with E-state index in [0.717, 1.165) is 6.54 Å². The molecular formula is C14H14N2. The maximum Gasteiger partial charge on any atom is 0.0640 e. The van der Waals surface area contributed by atoms with Crippen LogP contribution in [-0.4, -0.2) is 4.57 Å². The number of benzene rings is 1. The van der Waals surface area contributed by atoms with Gasteiger partial charge < -0.3 is 4.57 Å². The second-order valence-corrected chi connectivity index (χ2v) is 3.79. The Morgan fingerprint density at radius 1 is 1.12 bits per heavy atom. The van der Waals surface area contributed by atoms with Crippen molar-refractivity contribution < 1.29 is 0 Å². The van der Waals surface area contributed by atoms with E-state index >= 15 is 0 Å². The van der Waals surface area contributed by atoms with Crippen molar-refractivity contribution in [2.75, 3.05) is 0 Å². The largest absolute Gasteiger partial charge is 0.344 e. The quantitative estimate of drug-likeness (QED) is 0.763. The summed E-state index contributed by atoms with van der Waals surface area (Å²) in [6.45, 7) is 2.84. The SMILES string of the molecule is Cc1ccc(-c2ccccc2)n1CCC#N. The van der Waals surface area contributed by atoms with E-state index in [1.54, 1.807) is 0 Å². The lowest BCUT2D eigenvalue weighted by molar-refractivity contribution is 0.706. The van der Waals surface area contributed by atoms with Crippen LogP contribution in [0.4, 0.5) is 0 Å². The monoisotopic (exact) mass is 210 g/mol. The third kappa shape index (κ3) is 1.99. The minimum absolute atomic E-state index is 0.551. The number of nitriles is 1. The molecule has 0 radical (unpaired) electrons. The topological polar surface area (TPSA) is 28.7 Å². The molecule has 80 valence electrons. The van der Waals surface area contributed by atoms with Crippen LogP contribution in [0.5, 0.6) is 0 Å². The molecule has 0 amide bonds. The lowest BCUT2D eigenvalue weighted by atomic mass is 10.1. The van der Waals surface area contributed by atoms with Gasteiger partial charge in [0.05, 0.1) is 12.5 Å². The van der Waals surface area contributed by atoms with Crippen molar-refractivity contribution in [3.05, 3.63) is 48.2 Å². The Bertz CT molecular complexity index is 503. The van der Waals surface area contributed by atoms with Gasteiger partial charge in [0.1, 0.15) is 0 Å². The number of aromatic nitrogens is 1. The molecule has 1 aromatic carbocycles. The summed E-state index contributed by atoms with van der Waals surface area (Å²) >= 11 is 0. The molecule has 1 aromatic heterocycles. The van der Waals surface area contributed by atoms with Crippen LogP contribution >= 0.6 is 0 Å². The summed E-state index contributed by atoms with van der Waals surface area (Å²) < 4.78 is 2.19. The molecule has 0 unspecified atom stereocenters. The van der Waals surface area contributed by atoms with E-state index in [1.807, 2.05) is 18.2 Å². The summed E-state index contributed by atoms with van der Waals surface area (Å²) in [5, 5.41) is 8.65. The van der Waals surface area contributed by atoms with Crippen molar-refractivity contribution in [1.82, 2.24) is 4.57 Å². The van der Waals surface area contributed by atoms with Crippen molar-refractivity contribution in [1.29, 1.82) is 5.26 Å². The highest BCUT2D eigenvalue weighted by molar-refractivity contribution is 5.60. The third-order valence-corrected chi connectivity index (χ3v) is 2.72. The molecule has 0 aliphatic rings. The molecule has 0 spiro atoms. The molecule has 2 rings (SSSR count). The highest BCUT2D eigenvalue weighted by Gasteiger charge is 2.06. The van der Waals surface area contributed by atoms with E-state index in [4.69, 9.17) is 5.26 Å². The first-order chi connectivity index (χ1) is 7.83. The Labute approximate surface area is 95.8 Å². The van der Waals surface area contributed by atoms with Gasteiger partial charge in [-0.05, 0) is 24.6 Å². The average molecular weight is 210 g/mol. The molecule has 2 nitrogen and oxygen atoms in total. The number of rotatable bonds is 3. The number of hydrogen-bond acceptors (Lipinski definition) is 1. The molecule has 0 N–H and O–H groups in total. The zero-order valence-corrected chi connectivity index (χ0v) is 9.35. The van der Waals surface area contributed by atoms with Crippen LogP contribution in [0.3, 0.4) is 0 Å². The molecule has 0 aliphatic carbocycles. The maximum absolute atomic E-state index is 8.65. The molecule has 0 saturated heterocycles. The normalized spacial score (nSPS) is 10.0. The summed E-state index contributed by atoms with van der Waals surface area (Å²) in [5.41, 5.74) is 3.59. The van der Waals surface area contributed by atoms with Gasteiger partial charge in [-0.1, -0.05) is 30.3 Å². The third-order valence-electron chi connectivity index (χ3n) is 2.72. The fourth-order valence-corrected chi connectivity index (χ4v) is 1.89. The van der Waals surface area contributed by atoms with Gasteiger partial charge in [-0.25, -0.2) is 0 Å². The van der Waals surface area contributed by atoms with Crippen LogP contribution in [0.1, 0.15) is 12.1 Å². The van der Waals surface area contributed by atoms with Gasteiger partial charge in [0.15, 0.2) is 0 Å². The van der Waals surface area contributed by atoms with Crippen LogP contribution < -0.4 is 0 Å². The van der Waals surface area contributed by atoms with Gasteiger partial charge >= 0.3 is 0 Å².